The van der Waals surface area contributed by atoms with Crippen LogP contribution in [0, 0.1) is 6.92 Å². The molecule has 0 bridgehead atoms. The van der Waals surface area contributed by atoms with Crippen LogP contribution in [-0.4, -0.2) is 31.2 Å². The molecule has 0 saturated carbocycles. The molecule has 0 spiro atoms. The van der Waals surface area contributed by atoms with Crippen LogP contribution < -0.4 is 10.6 Å². The highest BCUT2D eigenvalue weighted by Gasteiger charge is 2.06. The normalized spacial score (nSPS) is 10.3. The summed E-state index contributed by atoms with van der Waals surface area (Å²) in [5, 5.41) is 6.03. The van der Waals surface area contributed by atoms with E-state index >= 15 is 0 Å². The molecule has 1 aromatic carbocycles. The quantitative estimate of drug-likeness (QED) is 0.771. The molecule has 2 aromatic rings. The van der Waals surface area contributed by atoms with Gasteiger partial charge in [0.25, 0.3) is 5.91 Å². The summed E-state index contributed by atoms with van der Waals surface area (Å²) >= 11 is 0. The van der Waals surface area contributed by atoms with Crippen LogP contribution in [0.5, 0.6) is 0 Å². The van der Waals surface area contributed by atoms with E-state index in [2.05, 4.69) is 21.7 Å². The molecule has 2 rings (SSSR count). The third-order valence-corrected chi connectivity index (χ3v) is 3.17. The van der Waals surface area contributed by atoms with E-state index in [4.69, 9.17) is 4.74 Å². The third kappa shape index (κ3) is 4.86. The molecule has 5 heteroatoms. The van der Waals surface area contributed by atoms with Crippen LogP contribution in [0.25, 0.3) is 0 Å². The molecule has 0 aliphatic carbocycles. The van der Waals surface area contributed by atoms with Gasteiger partial charge in [-0.05, 0) is 24.6 Å². The number of carbonyl (C=O) groups is 1. The Labute approximate surface area is 130 Å². The van der Waals surface area contributed by atoms with Crippen molar-refractivity contribution in [3.05, 3.63) is 59.4 Å². The molecule has 2 N–H and O–H groups in total. The number of hydrogen-bond acceptors (Lipinski definition) is 4. The summed E-state index contributed by atoms with van der Waals surface area (Å²) in [5.74, 6) is -0.176. The first-order valence-corrected chi connectivity index (χ1v) is 7.21. The zero-order valence-electron chi connectivity index (χ0n) is 12.9. The summed E-state index contributed by atoms with van der Waals surface area (Å²) in [4.78, 5) is 16.2. The van der Waals surface area contributed by atoms with Gasteiger partial charge in [0.1, 0.15) is 5.69 Å². The second-order valence-electron chi connectivity index (χ2n) is 5.02. The minimum absolute atomic E-state index is 0.176. The smallest absolute Gasteiger partial charge is 0.270 e. The van der Waals surface area contributed by atoms with Gasteiger partial charge in [-0.25, -0.2) is 4.98 Å². The number of aryl methyl sites for hydroxylation is 1. The first kappa shape index (κ1) is 16.0. The number of ether oxygens (including phenoxy) is 1. The molecule has 1 heterocycles. The molecule has 0 unspecified atom stereocenters. The van der Waals surface area contributed by atoms with Crippen LogP contribution in [0.1, 0.15) is 21.6 Å². The first-order chi connectivity index (χ1) is 10.7. The molecular weight excluding hydrogens is 278 g/mol. The number of amides is 1. The number of hydrogen-bond donors (Lipinski definition) is 2. The minimum atomic E-state index is -0.176. The molecule has 0 radical (unpaired) electrons. The van der Waals surface area contributed by atoms with Gasteiger partial charge in [0.05, 0.1) is 18.5 Å². The third-order valence-electron chi connectivity index (χ3n) is 3.17. The molecule has 0 saturated heterocycles. The van der Waals surface area contributed by atoms with Gasteiger partial charge in [0, 0.05) is 20.2 Å². The fraction of sp³-hybridized carbons (Fsp3) is 0.294. The van der Waals surface area contributed by atoms with Crippen molar-refractivity contribution < 1.29 is 9.53 Å². The van der Waals surface area contributed by atoms with Gasteiger partial charge in [-0.1, -0.05) is 29.8 Å². The Morgan fingerprint density at radius 1 is 1.27 bits per heavy atom. The number of methoxy groups -OCH3 is 1. The Morgan fingerprint density at radius 3 is 2.82 bits per heavy atom. The molecule has 5 nitrogen and oxygen atoms in total. The van der Waals surface area contributed by atoms with E-state index < -0.39 is 0 Å². The van der Waals surface area contributed by atoms with Gasteiger partial charge in [0.2, 0.25) is 0 Å². The number of nitrogens with zero attached hydrogens (tertiary/aromatic N) is 1. The SMILES string of the molecule is COCCNc1ccc(C(=O)NCc2cccc(C)c2)nc1. The number of nitrogens with one attached hydrogen (secondary N) is 2. The maximum Gasteiger partial charge on any atom is 0.270 e. The molecule has 22 heavy (non-hydrogen) atoms. The molecular formula is C17H21N3O2. The van der Waals surface area contributed by atoms with Gasteiger partial charge in [-0.3, -0.25) is 4.79 Å². The molecule has 116 valence electrons. The molecule has 0 aliphatic rings. The van der Waals surface area contributed by atoms with Gasteiger partial charge < -0.3 is 15.4 Å². The van der Waals surface area contributed by atoms with Crippen molar-refractivity contribution in [1.29, 1.82) is 0 Å². The Balaban J connectivity index is 1.87. The molecule has 1 aromatic heterocycles. The maximum atomic E-state index is 12.1. The number of rotatable bonds is 7. The van der Waals surface area contributed by atoms with Crippen LogP contribution in [0.15, 0.2) is 42.6 Å². The van der Waals surface area contributed by atoms with Crippen LogP contribution in [0.3, 0.4) is 0 Å². The van der Waals surface area contributed by atoms with Crippen LogP contribution in [0.4, 0.5) is 5.69 Å². The molecule has 0 fully saturated rings. The first-order valence-electron chi connectivity index (χ1n) is 7.21. The van der Waals surface area contributed by atoms with Crippen molar-refractivity contribution in [2.45, 2.75) is 13.5 Å². The van der Waals surface area contributed by atoms with Gasteiger partial charge >= 0.3 is 0 Å². The van der Waals surface area contributed by atoms with E-state index in [9.17, 15) is 4.79 Å². The summed E-state index contributed by atoms with van der Waals surface area (Å²) in [7, 11) is 1.65. The second kappa shape index (κ2) is 8.14. The Hall–Kier alpha value is -2.40. The number of pyridine rings is 1. The number of carbonyl (C=O) groups excluding carboxylic acids is 1. The average molecular weight is 299 g/mol. The number of benzene rings is 1. The lowest BCUT2D eigenvalue weighted by molar-refractivity contribution is 0.0946. The predicted octanol–water partition coefficient (Wildman–Crippen LogP) is 2.38. The number of aromatic nitrogens is 1. The van der Waals surface area contributed by atoms with E-state index in [0.717, 1.165) is 11.3 Å². The number of anilines is 1. The second-order valence-corrected chi connectivity index (χ2v) is 5.02. The van der Waals surface area contributed by atoms with E-state index in [-0.39, 0.29) is 5.91 Å². The summed E-state index contributed by atoms with van der Waals surface area (Å²) in [5.41, 5.74) is 3.53. The summed E-state index contributed by atoms with van der Waals surface area (Å²) < 4.78 is 4.96. The molecule has 0 atom stereocenters. The lowest BCUT2D eigenvalue weighted by Gasteiger charge is -2.07. The van der Waals surface area contributed by atoms with Crippen molar-refractivity contribution in [2.24, 2.45) is 0 Å². The molecule has 0 aliphatic heterocycles. The van der Waals surface area contributed by atoms with Crippen molar-refractivity contribution in [3.63, 3.8) is 0 Å². The van der Waals surface area contributed by atoms with E-state index in [1.54, 1.807) is 19.4 Å². The highest BCUT2D eigenvalue weighted by Crippen LogP contribution is 2.07. The van der Waals surface area contributed by atoms with Gasteiger partial charge in [-0.15, -0.1) is 0 Å². The maximum absolute atomic E-state index is 12.1. The van der Waals surface area contributed by atoms with Crippen LogP contribution in [-0.2, 0) is 11.3 Å². The lowest BCUT2D eigenvalue weighted by Crippen LogP contribution is -2.23. The summed E-state index contributed by atoms with van der Waals surface area (Å²) in [6.45, 7) is 3.86. The zero-order chi connectivity index (χ0) is 15.8. The fourth-order valence-corrected chi connectivity index (χ4v) is 2.03. The van der Waals surface area contributed by atoms with Gasteiger partial charge in [0.15, 0.2) is 0 Å². The van der Waals surface area contributed by atoms with Crippen molar-refractivity contribution in [1.82, 2.24) is 10.3 Å². The van der Waals surface area contributed by atoms with Crippen molar-refractivity contribution in [2.75, 3.05) is 25.6 Å². The topological polar surface area (TPSA) is 63.2 Å². The van der Waals surface area contributed by atoms with E-state index in [0.29, 0.717) is 25.4 Å². The molecule has 1 amide bonds. The Bertz CT molecular complexity index is 612. The largest absolute Gasteiger partial charge is 0.383 e. The predicted molar refractivity (Wildman–Crippen MR) is 87.0 cm³/mol. The zero-order valence-corrected chi connectivity index (χ0v) is 12.9. The average Bonchev–Trinajstić information content (AvgIpc) is 2.54. The Kier molecular flexibility index (Phi) is 5.91. The van der Waals surface area contributed by atoms with E-state index in [1.807, 2.05) is 31.2 Å². The summed E-state index contributed by atoms with van der Waals surface area (Å²) in [6, 6.07) is 11.6. The van der Waals surface area contributed by atoms with Crippen molar-refractivity contribution in [3.8, 4) is 0 Å². The van der Waals surface area contributed by atoms with E-state index in [1.165, 1.54) is 5.56 Å². The van der Waals surface area contributed by atoms with Gasteiger partial charge in [-0.2, -0.15) is 0 Å². The highest BCUT2D eigenvalue weighted by atomic mass is 16.5. The fourth-order valence-electron chi connectivity index (χ4n) is 2.03. The Morgan fingerprint density at radius 2 is 2.14 bits per heavy atom. The summed E-state index contributed by atoms with van der Waals surface area (Å²) in [6.07, 6.45) is 1.65. The highest BCUT2D eigenvalue weighted by molar-refractivity contribution is 5.92. The van der Waals surface area contributed by atoms with Crippen LogP contribution in [0.2, 0.25) is 0 Å². The monoisotopic (exact) mass is 299 g/mol. The standard InChI is InChI=1S/C17H21N3O2/c1-13-4-3-5-14(10-13)11-20-17(21)16-7-6-15(12-19-16)18-8-9-22-2/h3-7,10,12,18H,8-9,11H2,1-2H3,(H,20,21). The van der Waals surface area contributed by atoms with Crippen LogP contribution >= 0.6 is 0 Å². The lowest BCUT2D eigenvalue weighted by atomic mass is 10.1. The minimum Gasteiger partial charge on any atom is -0.383 e. The van der Waals surface area contributed by atoms with Crippen molar-refractivity contribution >= 4 is 11.6 Å².